The van der Waals surface area contributed by atoms with E-state index in [2.05, 4.69) is 19.2 Å². The van der Waals surface area contributed by atoms with E-state index in [0.29, 0.717) is 18.2 Å². The van der Waals surface area contributed by atoms with Crippen LogP contribution in [0.4, 0.5) is 4.39 Å². The molecule has 0 aliphatic heterocycles. The Kier molecular flexibility index (Phi) is 7.63. The van der Waals surface area contributed by atoms with Crippen molar-refractivity contribution in [2.24, 2.45) is 0 Å². The summed E-state index contributed by atoms with van der Waals surface area (Å²) in [5, 5.41) is 13.0. The van der Waals surface area contributed by atoms with Gasteiger partial charge in [-0.25, -0.2) is 4.39 Å². The van der Waals surface area contributed by atoms with Crippen LogP contribution in [0.1, 0.15) is 32.3 Å². The molecule has 2 N–H and O–H groups in total. The van der Waals surface area contributed by atoms with E-state index in [-0.39, 0.29) is 19.0 Å². The zero-order chi connectivity index (χ0) is 14.1. The number of hydrogen-bond donors (Lipinski definition) is 2. The summed E-state index contributed by atoms with van der Waals surface area (Å²) in [7, 11) is 0. The summed E-state index contributed by atoms with van der Waals surface area (Å²) in [6.45, 7) is 5.13. The van der Waals surface area contributed by atoms with Crippen LogP contribution in [-0.2, 0) is 11.3 Å². The van der Waals surface area contributed by atoms with Gasteiger partial charge >= 0.3 is 0 Å². The molecule has 108 valence electrons. The maximum Gasteiger partial charge on any atom is 0.128 e. The number of aliphatic hydroxyl groups excluding tert-OH is 1. The number of hydrogen-bond acceptors (Lipinski definition) is 3. The number of aliphatic hydroxyl groups is 1. The first-order valence-corrected chi connectivity index (χ1v) is 6.89. The molecule has 4 heteroatoms. The van der Waals surface area contributed by atoms with Gasteiger partial charge in [0, 0.05) is 18.2 Å². The van der Waals surface area contributed by atoms with E-state index in [0.717, 1.165) is 12.8 Å². The summed E-state index contributed by atoms with van der Waals surface area (Å²) in [5.41, 5.74) is 0.516. The summed E-state index contributed by atoms with van der Waals surface area (Å²) in [5.74, 6) is -0.271. The molecular formula is C15H24FNO2. The molecule has 0 fully saturated rings. The summed E-state index contributed by atoms with van der Waals surface area (Å²) in [4.78, 5) is 0. The molecule has 0 saturated carbocycles. The van der Waals surface area contributed by atoms with E-state index in [1.807, 2.05) is 0 Å². The van der Waals surface area contributed by atoms with Crippen LogP contribution in [0.25, 0.3) is 0 Å². The molecule has 0 aromatic heterocycles. The Morgan fingerprint density at radius 3 is 2.58 bits per heavy atom. The summed E-state index contributed by atoms with van der Waals surface area (Å²) < 4.78 is 18.6. The van der Waals surface area contributed by atoms with Crippen LogP contribution in [0.5, 0.6) is 0 Å². The lowest BCUT2D eigenvalue weighted by Crippen LogP contribution is -2.36. The number of halogens is 1. The smallest absolute Gasteiger partial charge is 0.128 e. The maximum absolute atomic E-state index is 13.3. The van der Waals surface area contributed by atoms with Crippen molar-refractivity contribution in [2.45, 2.75) is 45.4 Å². The Hall–Kier alpha value is -0.970. The lowest BCUT2D eigenvalue weighted by molar-refractivity contribution is 0.0265. The SMILES string of the molecule is CCC(CC)NCC(O)COCc1ccccc1F. The van der Waals surface area contributed by atoms with Crippen molar-refractivity contribution < 1.29 is 14.2 Å². The minimum atomic E-state index is -0.563. The highest BCUT2D eigenvalue weighted by Crippen LogP contribution is 2.07. The zero-order valence-corrected chi connectivity index (χ0v) is 11.7. The minimum absolute atomic E-state index is 0.189. The van der Waals surface area contributed by atoms with Crippen LogP contribution >= 0.6 is 0 Å². The van der Waals surface area contributed by atoms with Crippen LogP contribution in [-0.4, -0.2) is 30.4 Å². The van der Waals surface area contributed by atoms with Gasteiger partial charge in [-0.3, -0.25) is 0 Å². The predicted molar refractivity (Wildman–Crippen MR) is 74.4 cm³/mol. The van der Waals surface area contributed by atoms with E-state index in [9.17, 15) is 9.50 Å². The van der Waals surface area contributed by atoms with Crippen LogP contribution in [0, 0.1) is 5.82 Å². The molecule has 0 heterocycles. The third-order valence-electron chi connectivity index (χ3n) is 3.15. The molecule has 1 atom stereocenters. The summed E-state index contributed by atoms with van der Waals surface area (Å²) >= 11 is 0. The van der Waals surface area contributed by atoms with Crippen molar-refractivity contribution >= 4 is 0 Å². The molecule has 1 aromatic carbocycles. The molecule has 0 radical (unpaired) electrons. The first kappa shape index (κ1) is 16.1. The Balaban J connectivity index is 2.20. The molecule has 19 heavy (non-hydrogen) atoms. The molecule has 0 amide bonds. The monoisotopic (exact) mass is 269 g/mol. The van der Waals surface area contributed by atoms with Gasteiger partial charge in [0.25, 0.3) is 0 Å². The fourth-order valence-corrected chi connectivity index (χ4v) is 1.86. The summed E-state index contributed by atoms with van der Waals surface area (Å²) in [6, 6.07) is 6.94. The second-order valence-corrected chi connectivity index (χ2v) is 4.68. The standard InChI is InChI=1S/C15H24FNO2/c1-3-13(4-2)17-9-14(18)11-19-10-12-7-5-6-8-15(12)16/h5-8,13-14,17-18H,3-4,9-11H2,1-2H3. The third-order valence-corrected chi connectivity index (χ3v) is 3.15. The first-order valence-electron chi connectivity index (χ1n) is 6.89. The van der Waals surface area contributed by atoms with Gasteiger partial charge in [-0.1, -0.05) is 32.0 Å². The van der Waals surface area contributed by atoms with E-state index in [4.69, 9.17) is 4.74 Å². The van der Waals surface area contributed by atoms with Crippen molar-refractivity contribution in [2.75, 3.05) is 13.2 Å². The van der Waals surface area contributed by atoms with Gasteiger partial charge in [0.05, 0.1) is 19.3 Å². The Bertz CT molecular complexity index is 356. The van der Waals surface area contributed by atoms with E-state index >= 15 is 0 Å². The van der Waals surface area contributed by atoms with Crippen molar-refractivity contribution in [1.29, 1.82) is 0 Å². The highest BCUT2D eigenvalue weighted by atomic mass is 19.1. The Morgan fingerprint density at radius 1 is 1.26 bits per heavy atom. The average Bonchev–Trinajstić information content (AvgIpc) is 2.42. The normalized spacial score (nSPS) is 12.9. The Morgan fingerprint density at radius 2 is 1.95 bits per heavy atom. The van der Waals surface area contributed by atoms with Crippen molar-refractivity contribution in [1.82, 2.24) is 5.32 Å². The zero-order valence-electron chi connectivity index (χ0n) is 11.7. The van der Waals surface area contributed by atoms with Crippen LogP contribution in [0.2, 0.25) is 0 Å². The van der Waals surface area contributed by atoms with Crippen LogP contribution in [0.15, 0.2) is 24.3 Å². The van der Waals surface area contributed by atoms with Crippen molar-refractivity contribution in [3.63, 3.8) is 0 Å². The molecule has 0 aliphatic carbocycles. The highest BCUT2D eigenvalue weighted by molar-refractivity contribution is 5.16. The Labute approximate surface area is 114 Å². The highest BCUT2D eigenvalue weighted by Gasteiger charge is 2.08. The third kappa shape index (κ3) is 6.14. The topological polar surface area (TPSA) is 41.5 Å². The number of benzene rings is 1. The lowest BCUT2D eigenvalue weighted by Gasteiger charge is -2.18. The predicted octanol–water partition coefficient (Wildman–Crippen LogP) is 2.48. The van der Waals surface area contributed by atoms with Crippen molar-refractivity contribution in [3.8, 4) is 0 Å². The summed E-state index contributed by atoms with van der Waals surface area (Å²) in [6.07, 6.45) is 1.52. The van der Waals surface area contributed by atoms with Gasteiger partial charge < -0.3 is 15.2 Å². The number of rotatable bonds is 9. The molecule has 1 rings (SSSR count). The molecule has 0 saturated heterocycles. The largest absolute Gasteiger partial charge is 0.389 e. The maximum atomic E-state index is 13.3. The van der Waals surface area contributed by atoms with Gasteiger partial charge in [-0.15, -0.1) is 0 Å². The second kappa shape index (κ2) is 9.02. The molecule has 1 aromatic rings. The van der Waals surface area contributed by atoms with Crippen LogP contribution < -0.4 is 5.32 Å². The first-order chi connectivity index (χ1) is 9.17. The molecule has 3 nitrogen and oxygen atoms in total. The molecule has 1 unspecified atom stereocenters. The van der Waals surface area contributed by atoms with Gasteiger partial charge in [0.15, 0.2) is 0 Å². The lowest BCUT2D eigenvalue weighted by atomic mass is 10.1. The minimum Gasteiger partial charge on any atom is -0.389 e. The number of ether oxygens (including phenoxy) is 1. The van der Waals surface area contributed by atoms with Crippen molar-refractivity contribution in [3.05, 3.63) is 35.6 Å². The fraction of sp³-hybridized carbons (Fsp3) is 0.600. The van der Waals surface area contributed by atoms with Gasteiger partial charge in [0.1, 0.15) is 5.82 Å². The van der Waals surface area contributed by atoms with Crippen LogP contribution in [0.3, 0.4) is 0 Å². The molecule has 0 spiro atoms. The van der Waals surface area contributed by atoms with Gasteiger partial charge in [0.2, 0.25) is 0 Å². The van der Waals surface area contributed by atoms with E-state index in [1.165, 1.54) is 6.07 Å². The van der Waals surface area contributed by atoms with Gasteiger partial charge in [-0.2, -0.15) is 0 Å². The molecular weight excluding hydrogens is 245 g/mol. The molecule has 0 bridgehead atoms. The average molecular weight is 269 g/mol. The fourth-order valence-electron chi connectivity index (χ4n) is 1.86. The van der Waals surface area contributed by atoms with E-state index < -0.39 is 6.10 Å². The quantitative estimate of drug-likeness (QED) is 0.723. The number of nitrogens with one attached hydrogen (secondary N) is 1. The van der Waals surface area contributed by atoms with Gasteiger partial charge in [-0.05, 0) is 18.9 Å². The molecule has 0 aliphatic rings. The second-order valence-electron chi connectivity index (χ2n) is 4.68. The van der Waals surface area contributed by atoms with E-state index in [1.54, 1.807) is 18.2 Å².